The van der Waals surface area contributed by atoms with E-state index in [1.807, 2.05) is 93.5 Å². The normalized spacial score (nSPS) is 21.8. The highest BCUT2D eigenvalue weighted by atomic mass is 32.2. The summed E-state index contributed by atoms with van der Waals surface area (Å²) < 4.78 is 17.0. The lowest BCUT2D eigenvalue weighted by Gasteiger charge is -2.31. The van der Waals surface area contributed by atoms with E-state index < -0.39 is 50.8 Å². The molecule has 0 aliphatic heterocycles. The molecule has 5 atom stereocenters. The fourth-order valence-electron chi connectivity index (χ4n) is 8.34. The van der Waals surface area contributed by atoms with Crippen molar-refractivity contribution in [3.63, 3.8) is 0 Å². The molecule has 0 amide bonds. The number of esters is 3. The van der Waals surface area contributed by atoms with Crippen LogP contribution in [0.2, 0.25) is 0 Å². The third-order valence-corrected chi connectivity index (χ3v) is 16.5. The van der Waals surface area contributed by atoms with Crippen molar-refractivity contribution in [3.05, 3.63) is 97.1 Å². The number of carbonyl (C=O) groups excluding carboxylic acids is 6. The summed E-state index contributed by atoms with van der Waals surface area (Å²) in [5.74, 6) is -0.470. The van der Waals surface area contributed by atoms with Crippen LogP contribution in [0.5, 0.6) is 0 Å². The Bertz CT molecular complexity index is 2510. The molecule has 3 aliphatic carbocycles. The molecule has 0 bridgehead atoms. The van der Waals surface area contributed by atoms with Crippen LogP contribution in [-0.2, 0) is 43.0 Å². The molecule has 4 aromatic rings. The Morgan fingerprint density at radius 1 is 0.514 bits per heavy atom. The first-order valence-electron chi connectivity index (χ1n) is 26.1. The lowest BCUT2D eigenvalue weighted by molar-refractivity contribution is -0.164. The molecule has 0 radical (unpaired) electrons. The number of carbonyl (C=O) groups is 6. The van der Waals surface area contributed by atoms with Crippen LogP contribution in [0.25, 0.3) is 21.5 Å². The number of benzene rings is 4. The van der Waals surface area contributed by atoms with E-state index in [1.54, 1.807) is 64.2 Å². The molecule has 10 nitrogen and oxygen atoms in total. The molecule has 0 aromatic heterocycles. The number of allylic oxidation sites excluding steroid dienone is 1. The molecule has 0 unspecified atom stereocenters. The maximum absolute atomic E-state index is 12.5. The number of thioether (sulfide) groups is 2. The summed E-state index contributed by atoms with van der Waals surface area (Å²) in [7, 11) is 0. The van der Waals surface area contributed by atoms with E-state index in [2.05, 4.69) is 86.3 Å². The van der Waals surface area contributed by atoms with Gasteiger partial charge in [0.05, 0.1) is 43.0 Å². The summed E-state index contributed by atoms with van der Waals surface area (Å²) in [6.45, 7) is 37.7. The van der Waals surface area contributed by atoms with Gasteiger partial charge in [0.15, 0.2) is 5.78 Å². The van der Waals surface area contributed by atoms with Crippen LogP contribution >= 0.6 is 23.5 Å². The molecule has 74 heavy (non-hydrogen) atoms. The number of rotatable bonds is 10. The molecule has 3 aliphatic rings. The molecule has 12 heteroatoms. The Morgan fingerprint density at radius 2 is 0.851 bits per heavy atom. The molecular formula is C62H85NO9S2. The fourth-order valence-corrected chi connectivity index (χ4v) is 11.2. The molecule has 0 heterocycles. The second-order valence-electron chi connectivity index (χ2n) is 24.3. The molecule has 2 saturated carbocycles. The van der Waals surface area contributed by atoms with Crippen LogP contribution in [0.15, 0.2) is 107 Å². The summed E-state index contributed by atoms with van der Waals surface area (Å²) in [5.41, 5.74) is -3.64. The van der Waals surface area contributed by atoms with Gasteiger partial charge in [-0.25, -0.2) is 0 Å². The lowest BCUT2D eigenvalue weighted by atomic mass is 9.87. The Labute approximate surface area is 451 Å². The second-order valence-corrected chi connectivity index (χ2v) is 26.9. The Kier molecular flexibility index (Phi) is 20.8. The molecule has 2 fully saturated rings. The van der Waals surface area contributed by atoms with Gasteiger partial charge >= 0.3 is 17.9 Å². The van der Waals surface area contributed by atoms with Crippen LogP contribution < -0.4 is 0 Å². The van der Waals surface area contributed by atoms with Crippen molar-refractivity contribution in [2.45, 2.75) is 176 Å². The van der Waals surface area contributed by atoms with Crippen molar-refractivity contribution < 1.29 is 43.0 Å². The Morgan fingerprint density at radius 3 is 1.15 bits per heavy atom. The fraction of sp³-hybridized carbons (Fsp3) is 0.548. The highest BCUT2D eigenvalue weighted by Gasteiger charge is 2.53. The summed E-state index contributed by atoms with van der Waals surface area (Å²) in [4.78, 5) is 77.7. The van der Waals surface area contributed by atoms with E-state index in [0.717, 1.165) is 9.79 Å². The van der Waals surface area contributed by atoms with Gasteiger partial charge in [-0.05, 0) is 181 Å². The molecule has 0 saturated heterocycles. The van der Waals surface area contributed by atoms with Crippen molar-refractivity contribution in [1.29, 1.82) is 0 Å². The summed E-state index contributed by atoms with van der Waals surface area (Å²) in [6.07, 6.45) is 2.72. The van der Waals surface area contributed by atoms with E-state index in [4.69, 9.17) is 14.2 Å². The highest BCUT2D eigenvalue weighted by Crippen LogP contribution is 2.47. The SMILES string of the molecule is CC(C)(C)C(=O)O[C@@H]1C=CC(=O)C1(C)C.CC(C)(C)C(=O)O[C@@H]1[C@@H](Sc2ccc3ccccc3c2)CC(=O)C1(C)C.CC(C)(C)C(=O)O[C@@H]1[C@H](Sc2ccc3ccccc3c2)CC(=O)C1(C)C.CCN(CC)CC. The van der Waals surface area contributed by atoms with E-state index in [-0.39, 0.29) is 45.8 Å². The van der Waals surface area contributed by atoms with Crippen LogP contribution in [0, 0.1) is 32.5 Å². The van der Waals surface area contributed by atoms with Gasteiger partial charge < -0.3 is 19.1 Å². The largest absolute Gasteiger partial charge is 0.460 e. The predicted octanol–water partition coefficient (Wildman–Crippen LogP) is 14.0. The van der Waals surface area contributed by atoms with Crippen LogP contribution in [0.1, 0.15) is 137 Å². The van der Waals surface area contributed by atoms with E-state index in [0.29, 0.717) is 12.8 Å². The monoisotopic (exact) mass is 1050 g/mol. The first-order chi connectivity index (χ1) is 34.2. The minimum Gasteiger partial charge on any atom is -0.460 e. The van der Waals surface area contributed by atoms with Crippen molar-refractivity contribution in [1.82, 2.24) is 4.90 Å². The van der Waals surface area contributed by atoms with Crippen molar-refractivity contribution in [2.24, 2.45) is 32.5 Å². The number of ether oxygens (including phenoxy) is 3. The third-order valence-electron chi connectivity index (χ3n) is 14.0. The van der Waals surface area contributed by atoms with Crippen molar-refractivity contribution in [3.8, 4) is 0 Å². The zero-order valence-corrected chi connectivity index (χ0v) is 49.2. The Balaban J connectivity index is 0.000000233. The molecular weight excluding hydrogens is 967 g/mol. The van der Waals surface area contributed by atoms with Gasteiger partial charge in [-0.3, -0.25) is 28.8 Å². The van der Waals surface area contributed by atoms with Crippen molar-refractivity contribution >= 4 is 80.3 Å². The standard InChI is InChI=1S/2C22H26O3S.C12H18O3.C6H15N/c2*1-21(2,3)20(24)25-19-17(13-18(23)22(19,4)5)26-16-11-10-14-8-6-7-9-15(14)12-16;1-11(2,3)10(14)15-9-7-6-8(13)12(9,4)5;1-4-7(5-2)6-3/h2*6-12,17,19H,13H2,1-5H3;6-7,9H,1-5H3;4-6H2,1-3H3/t17-,19+;17-,19-;9-;/m011./s1. The van der Waals surface area contributed by atoms with E-state index in [1.165, 1.54) is 47.3 Å². The molecule has 404 valence electrons. The van der Waals surface area contributed by atoms with E-state index >= 15 is 0 Å². The number of ketones is 3. The van der Waals surface area contributed by atoms with E-state index in [9.17, 15) is 28.8 Å². The van der Waals surface area contributed by atoms with Gasteiger partial charge in [0.2, 0.25) is 0 Å². The molecule has 0 spiro atoms. The van der Waals surface area contributed by atoms with Crippen LogP contribution in [0.4, 0.5) is 0 Å². The quantitative estimate of drug-likeness (QED) is 0.111. The smallest absolute Gasteiger partial charge is 0.311 e. The number of fused-ring (bicyclic) bond motifs is 2. The maximum Gasteiger partial charge on any atom is 0.311 e. The average Bonchev–Trinajstić information content (AvgIpc) is 3.79. The molecule has 7 rings (SSSR count). The van der Waals surface area contributed by atoms with Gasteiger partial charge in [-0.1, -0.05) is 81.4 Å². The van der Waals surface area contributed by atoms with Gasteiger partial charge in [0, 0.05) is 22.6 Å². The zero-order valence-electron chi connectivity index (χ0n) is 47.6. The van der Waals surface area contributed by atoms with Gasteiger partial charge in [-0.15, -0.1) is 23.5 Å². The minimum atomic E-state index is -0.657. The number of hydrogen-bond acceptors (Lipinski definition) is 12. The third kappa shape index (κ3) is 15.9. The average molecular weight is 1050 g/mol. The topological polar surface area (TPSA) is 133 Å². The summed E-state index contributed by atoms with van der Waals surface area (Å²) in [5, 5.41) is 4.59. The molecule has 4 aromatic carbocycles. The summed E-state index contributed by atoms with van der Waals surface area (Å²) in [6, 6.07) is 29.0. The number of nitrogens with zero attached hydrogens (tertiary/aromatic N) is 1. The number of hydrogen-bond donors (Lipinski definition) is 0. The summed E-state index contributed by atoms with van der Waals surface area (Å²) >= 11 is 3.27. The van der Waals surface area contributed by atoms with Crippen molar-refractivity contribution in [2.75, 3.05) is 19.6 Å². The first-order valence-corrected chi connectivity index (χ1v) is 27.9. The Hall–Kier alpha value is -4.78. The van der Waals surface area contributed by atoms with Gasteiger partial charge in [-0.2, -0.15) is 0 Å². The predicted molar refractivity (Wildman–Crippen MR) is 303 cm³/mol. The van der Waals surface area contributed by atoms with Gasteiger partial charge in [0.25, 0.3) is 0 Å². The second kappa shape index (κ2) is 24.9. The zero-order chi connectivity index (χ0) is 55.8. The highest BCUT2D eigenvalue weighted by molar-refractivity contribution is 8.00. The maximum atomic E-state index is 12.5. The van der Waals surface area contributed by atoms with Gasteiger partial charge in [0.1, 0.15) is 29.9 Å². The van der Waals surface area contributed by atoms with Crippen LogP contribution in [0.3, 0.4) is 0 Å². The van der Waals surface area contributed by atoms with Crippen LogP contribution in [-0.4, -0.2) is 88.6 Å². The molecule has 0 N–H and O–H groups in total. The lowest BCUT2D eigenvalue weighted by Crippen LogP contribution is -2.40. The minimum absolute atomic E-state index is 0.00853. The number of Topliss-reactive ketones (excluding diaryl/α,β-unsaturated/α-hetero) is 2. The first kappa shape index (κ1) is 61.8.